The van der Waals surface area contributed by atoms with Crippen molar-refractivity contribution in [1.29, 1.82) is 0 Å². The molecule has 2 aromatic heterocycles. The van der Waals surface area contributed by atoms with Crippen LogP contribution in [0.4, 0.5) is 0 Å². The second kappa shape index (κ2) is 13.9. The van der Waals surface area contributed by atoms with Gasteiger partial charge in [-0.2, -0.15) is 0 Å². The Morgan fingerprint density at radius 3 is 1.25 bits per heavy atom. The molecule has 4 heterocycles. The first-order valence-electron chi connectivity index (χ1n) is 10.6. The minimum atomic E-state index is -1.34. The Morgan fingerprint density at radius 1 is 0.694 bits per heavy atom. The van der Waals surface area contributed by atoms with Crippen LogP contribution >= 0.6 is 0 Å². The highest BCUT2D eigenvalue weighted by molar-refractivity contribution is 5.87. The molecule has 0 aliphatic carbocycles. The van der Waals surface area contributed by atoms with Crippen molar-refractivity contribution in [2.75, 3.05) is 13.2 Å². The highest BCUT2D eigenvalue weighted by Gasteiger charge is 2.54. The van der Waals surface area contributed by atoms with E-state index in [1.54, 1.807) is 12.1 Å². The Morgan fingerprint density at radius 2 is 1.06 bits per heavy atom. The van der Waals surface area contributed by atoms with E-state index in [0.717, 1.165) is 0 Å². The second-order valence-corrected chi connectivity index (χ2v) is 7.70. The lowest BCUT2D eigenvalue weighted by atomic mass is 9.99. The largest absolute Gasteiger partial charge is 0.478 e. The van der Waals surface area contributed by atoms with Crippen molar-refractivity contribution in [3.05, 3.63) is 60.2 Å². The Labute approximate surface area is 204 Å². The van der Waals surface area contributed by atoms with Gasteiger partial charge in [0, 0.05) is 24.8 Å². The van der Waals surface area contributed by atoms with Gasteiger partial charge in [-0.15, -0.1) is 0 Å². The van der Waals surface area contributed by atoms with Gasteiger partial charge in [-0.25, -0.2) is 9.59 Å². The van der Waals surface area contributed by atoms with Crippen LogP contribution in [0.1, 0.15) is 20.7 Å². The topological polar surface area (TPSA) is 240 Å². The van der Waals surface area contributed by atoms with Gasteiger partial charge in [0.1, 0.15) is 48.8 Å². The molecule has 8 N–H and O–H groups in total. The Hall–Kier alpha value is -3.08. The molecule has 4 rings (SSSR count). The van der Waals surface area contributed by atoms with Gasteiger partial charge in [0.25, 0.3) is 0 Å². The minimum Gasteiger partial charge on any atom is -0.478 e. The molecule has 2 unspecified atom stereocenters. The number of carbonyl (C=O) groups is 2. The predicted octanol–water partition coefficient (Wildman–Crippen LogP) is -2.49. The molecule has 36 heavy (non-hydrogen) atoms. The van der Waals surface area contributed by atoms with Gasteiger partial charge in [0.15, 0.2) is 0 Å². The average Bonchev–Trinajstić information content (AvgIpc) is 3.35. The van der Waals surface area contributed by atoms with Gasteiger partial charge in [-0.1, -0.05) is 0 Å². The smallest absolute Gasteiger partial charge is 0.337 e. The Kier molecular flexibility index (Phi) is 11.2. The Bertz CT molecular complexity index is 873. The third kappa shape index (κ3) is 7.46. The first-order chi connectivity index (χ1) is 17.1. The normalized spacial score (nSPS) is 30.9. The summed E-state index contributed by atoms with van der Waals surface area (Å²) in [5, 5.41) is 73.3. The number of aromatic carboxylic acids is 2. The molecule has 2 aromatic rings. The van der Waals surface area contributed by atoms with Crippen LogP contribution < -0.4 is 0 Å². The molecule has 2 aliphatic heterocycles. The third-order valence-electron chi connectivity index (χ3n) is 5.30. The lowest BCUT2D eigenvalue weighted by Crippen LogP contribution is -2.45. The maximum absolute atomic E-state index is 10.2. The molecule has 0 saturated carbocycles. The van der Waals surface area contributed by atoms with Crippen molar-refractivity contribution in [1.82, 2.24) is 9.97 Å². The molecule has 0 spiro atoms. The fourth-order valence-electron chi connectivity index (χ4n) is 3.38. The number of aliphatic hydroxyl groups excluding tert-OH is 6. The molecule has 0 aromatic carbocycles. The van der Waals surface area contributed by atoms with Gasteiger partial charge >= 0.3 is 11.9 Å². The SMILES string of the molecule is O=C(O)c1cccnc1.O=C(O)c1cccnc1.OC[C@H]1OC(C2O[C@H](CO)[C@@H](O)[C@H]2O)[C@H](O)[C@@H]1O. The maximum atomic E-state index is 10.2. The Balaban J connectivity index is 0.000000212. The molecular formula is C22H28N2O12. The van der Waals surface area contributed by atoms with Crippen LogP contribution in [0.3, 0.4) is 0 Å². The number of ether oxygens (including phenoxy) is 2. The molecule has 0 amide bonds. The van der Waals surface area contributed by atoms with Gasteiger partial charge in [-0.05, 0) is 24.3 Å². The molecule has 8 atom stereocenters. The molecule has 2 aliphatic rings. The van der Waals surface area contributed by atoms with Crippen LogP contribution in [0.5, 0.6) is 0 Å². The summed E-state index contributed by atoms with van der Waals surface area (Å²) in [7, 11) is 0. The van der Waals surface area contributed by atoms with Gasteiger partial charge < -0.3 is 50.3 Å². The number of carboxylic acid groups (broad SMARTS) is 2. The van der Waals surface area contributed by atoms with Crippen LogP contribution in [0.15, 0.2) is 49.1 Å². The molecule has 198 valence electrons. The van der Waals surface area contributed by atoms with Crippen LogP contribution in [0, 0.1) is 0 Å². The van der Waals surface area contributed by atoms with Crippen LogP contribution in [-0.2, 0) is 9.47 Å². The van der Waals surface area contributed by atoms with Gasteiger partial charge in [0.2, 0.25) is 0 Å². The standard InChI is InChI=1S/C10H18O8.2C6H5NO2/c11-1-3-5(13)7(15)9(17-3)10-8(16)6(14)4(2-12)18-10;2*8-6(9)5-2-1-3-7-4-5/h3-16H,1-2H2;2*1-4H,(H,8,9)/t3-,4-,5-,6-,7-,8-,9?,10?;;/m1../s1. The van der Waals surface area contributed by atoms with Crippen molar-refractivity contribution in [3.63, 3.8) is 0 Å². The molecule has 14 nitrogen and oxygen atoms in total. The van der Waals surface area contributed by atoms with Crippen LogP contribution in [0.25, 0.3) is 0 Å². The predicted molar refractivity (Wildman–Crippen MR) is 118 cm³/mol. The number of hydrogen-bond acceptors (Lipinski definition) is 12. The zero-order chi connectivity index (χ0) is 26.8. The number of carboxylic acids is 2. The van der Waals surface area contributed by atoms with Crippen LogP contribution in [0.2, 0.25) is 0 Å². The lowest BCUT2D eigenvalue weighted by Gasteiger charge is -2.23. The number of aliphatic hydroxyl groups is 6. The number of pyridine rings is 2. The van der Waals surface area contributed by atoms with E-state index in [1.807, 2.05) is 0 Å². The van der Waals surface area contributed by atoms with Crippen LogP contribution in [-0.4, -0.2) is 125 Å². The fourth-order valence-corrected chi connectivity index (χ4v) is 3.38. The molecule has 2 saturated heterocycles. The van der Waals surface area contributed by atoms with Crippen molar-refractivity contribution >= 4 is 11.9 Å². The summed E-state index contributed by atoms with van der Waals surface area (Å²) in [4.78, 5) is 27.6. The summed E-state index contributed by atoms with van der Waals surface area (Å²) < 4.78 is 10.4. The zero-order valence-corrected chi connectivity index (χ0v) is 18.8. The highest BCUT2D eigenvalue weighted by atomic mass is 16.6. The lowest BCUT2D eigenvalue weighted by molar-refractivity contribution is -0.121. The molecular weight excluding hydrogens is 484 g/mol. The summed E-state index contributed by atoms with van der Waals surface area (Å²) in [5.41, 5.74) is 0.440. The quantitative estimate of drug-likeness (QED) is 0.207. The maximum Gasteiger partial charge on any atom is 0.337 e. The van der Waals surface area contributed by atoms with Crippen molar-refractivity contribution in [2.45, 2.75) is 48.8 Å². The summed E-state index contributed by atoms with van der Waals surface area (Å²) in [6.45, 7) is -0.965. The van der Waals surface area contributed by atoms with E-state index in [0.29, 0.717) is 0 Å². The first-order valence-corrected chi connectivity index (χ1v) is 10.6. The van der Waals surface area contributed by atoms with E-state index in [1.165, 1.54) is 36.9 Å². The van der Waals surface area contributed by atoms with Crippen molar-refractivity contribution in [2.24, 2.45) is 0 Å². The molecule has 14 heteroatoms. The summed E-state index contributed by atoms with van der Waals surface area (Å²) in [6.07, 6.45) is -3.65. The van der Waals surface area contributed by atoms with Crippen molar-refractivity contribution < 1.29 is 59.9 Å². The zero-order valence-electron chi connectivity index (χ0n) is 18.8. The highest BCUT2D eigenvalue weighted by Crippen LogP contribution is 2.32. The summed E-state index contributed by atoms with van der Waals surface area (Å²) in [6, 6.07) is 6.16. The van der Waals surface area contributed by atoms with Gasteiger partial charge in [-0.3, -0.25) is 9.97 Å². The van der Waals surface area contributed by atoms with Crippen molar-refractivity contribution in [3.8, 4) is 0 Å². The molecule has 0 radical (unpaired) electrons. The molecule has 2 fully saturated rings. The summed E-state index contributed by atoms with van der Waals surface area (Å²) in [5.74, 6) is -1.88. The van der Waals surface area contributed by atoms with E-state index < -0.39 is 74.0 Å². The minimum absolute atomic E-state index is 0.220. The monoisotopic (exact) mass is 512 g/mol. The fraction of sp³-hybridized carbons (Fsp3) is 0.455. The first kappa shape index (κ1) is 29.2. The van der Waals surface area contributed by atoms with E-state index in [4.69, 9.17) is 29.9 Å². The summed E-state index contributed by atoms with van der Waals surface area (Å²) >= 11 is 0. The van der Waals surface area contributed by atoms with Gasteiger partial charge in [0.05, 0.1) is 24.3 Å². The van der Waals surface area contributed by atoms with E-state index in [-0.39, 0.29) is 11.1 Å². The number of rotatable bonds is 5. The molecule has 0 bridgehead atoms. The van der Waals surface area contributed by atoms with E-state index >= 15 is 0 Å². The van der Waals surface area contributed by atoms with E-state index in [9.17, 15) is 30.0 Å². The number of nitrogens with zero attached hydrogens (tertiary/aromatic N) is 2. The average molecular weight is 512 g/mol. The second-order valence-electron chi connectivity index (χ2n) is 7.70. The number of hydrogen-bond donors (Lipinski definition) is 8. The van der Waals surface area contributed by atoms with E-state index in [2.05, 4.69) is 9.97 Å². The third-order valence-corrected chi connectivity index (χ3v) is 5.30. The number of aromatic nitrogens is 2.